The van der Waals surface area contributed by atoms with Gasteiger partial charge in [0.2, 0.25) is 5.91 Å². The molecule has 0 bridgehead atoms. The third kappa shape index (κ3) is 4.12. The van der Waals surface area contributed by atoms with Gasteiger partial charge >= 0.3 is 0 Å². The number of halogens is 2. The van der Waals surface area contributed by atoms with Crippen LogP contribution in [-0.2, 0) is 4.79 Å². The number of para-hydroxylation sites is 1. The Kier molecular flexibility index (Phi) is 5.71. The SMILES string of the molecule is CCN(CC(=O)N1CCN(c2ccccc2F)CC1)c1ccc(F)cc1. The molecule has 0 atom stereocenters. The minimum absolute atomic E-state index is 0.0318. The van der Waals surface area contributed by atoms with E-state index in [-0.39, 0.29) is 24.1 Å². The van der Waals surface area contributed by atoms with Gasteiger partial charge in [0, 0.05) is 38.4 Å². The summed E-state index contributed by atoms with van der Waals surface area (Å²) in [5.74, 6) is -0.495. The van der Waals surface area contributed by atoms with E-state index >= 15 is 0 Å². The summed E-state index contributed by atoms with van der Waals surface area (Å²) < 4.78 is 27.0. The van der Waals surface area contributed by atoms with Crippen molar-refractivity contribution in [3.05, 3.63) is 60.2 Å². The average Bonchev–Trinajstić information content (AvgIpc) is 2.67. The molecule has 1 amide bonds. The summed E-state index contributed by atoms with van der Waals surface area (Å²) in [5, 5.41) is 0. The van der Waals surface area contributed by atoms with Gasteiger partial charge in [-0.05, 0) is 43.3 Å². The second-order valence-corrected chi connectivity index (χ2v) is 6.31. The van der Waals surface area contributed by atoms with Crippen LogP contribution in [0, 0.1) is 11.6 Å². The van der Waals surface area contributed by atoms with Crippen LogP contribution in [-0.4, -0.2) is 50.1 Å². The van der Waals surface area contributed by atoms with Crippen LogP contribution in [0.2, 0.25) is 0 Å². The molecule has 0 radical (unpaired) electrons. The summed E-state index contributed by atoms with van der Waals surface area (Å²) in [5.41, 5.74) is 1.41. The predicted octanol–water partition coefficient (Wildman–Crippen LogP) is 3.14. The molecule has 0 N–H and O–H groups in total. The summed E-state index contributed by atoms with van der Waals surface area (Å²) in [6, 6.07) is 12.9. The third-order valence-corrected chi connectivity index (χ3v) is 4.73. The maximum absolute atomic E-state index is 13.9. The molecule has 6 heteroatoms. The van der Waals surface area contributed by atoms with E-state index < -0.39 is 0 Å². The number of carbonyl (C=O) groups is 1. The van der Waals surface area contributed by atoms with Crippen LogP contribution in [0.3, 0.4) is 0 Å². The number of anilines is 2. The Labute approximate surface area is 152 Å². The molecule has 1 aliphatic heterocycles. The van der Waals surface area contributed by atoms with E-state index in [1.165, 1.54) is 18.2 Å². The summed E-state index contributed by atoms with van der Waals surface area (Å²) >= 11 is 0. The van der Waals surface area contributed by atoms with Gasteiger partial charge in [-0.25, -0.2) is 8.78 Å². The highest BCUT2D eigenvalue weighted by molar-refractivity contribution is 5.81. The van der Waals surface area contributed by atoms with Crippen molar-refractivity contribution in [2.75, 3.05) is 49.1 Å². The second kappa shape index (κ2) is 8.17. The number of piperazine rings is 1. The van der Waals surface area contributed by atoms with Crippen molar-refractivity contribution in [3.8, 4) is 0 Å². The summed E-state index contributed by atoms with van der Waals surface area (Å²) in [6.45, 7) is 5.22. The zero-order valence-electron chi connectivity index (χ0n) is 14.9. The van der Waals surface area contributed by atoms with Gasteiger partial charge in [0.25, 0.3) is 0 Å². The maximum Gasteiger partial charge on any atom is 0.242 e. The number of likely N-dealkylation sites (N-methyl/N-ethyl adjacent to an activating group) is 1. The molecule has 1 saturated heterocycles. The summed E-state index contributed by atoms with van der Waals surface area (Å²) in [7, 11) is 0. The maximum atomic E-state index is 13.9. The highest BCUT2D eigenvalue weighted by atomic mass is 19.1. The molecule has 2 aromatic carbocycles. The summed E-state index contributed by atoms with van der Waals surface area (Å²) in [6.07, 6.45) is 0. The lowest BCUT2D eigenvalue weighted by Gasteiger charge is -2.37. The van der Waals surface area contributed by atoms with Crippen molar-refractivity contribution in [1.82, 2.24) is 4.90 Å². The summed E-state index contributed by atoms with van der Waals surface area (Å²) in [4.78, 5) is 18.3. The molecular formula is C20H23F2N3O. The van der Waals surface area contributed by atoms with Crippen LogP contribution in [0.1, 0.15) is 6.92 Å². The van der Waals surface area contributed by atoms with Crippen LogP contribution in [0.25, 0.3) is 0 Å². The van der Waals surface area contributed by atoms with Crippen LogP contribution in [0.5, 0.6) is 0 Å². The molecule has 0 unspecified atom stereocenters. The zero-order chi connectivity index (χ0) is 18.5. The highest BCUT2D eigenvalue weighted by Gasteiger charge is 2.23. The fourth-order valence-electron chi connectivity index (χ4n) is 3.21. The van der Waals surface area contributed by atoms with Crippen molar-refractivity contribution in [3.63, 3.8) is 0 Å². The molecule has 138 valence electrons. The van der Waals surface area contributed by atoms with Crippen LogP contribution >= 0.6 is 0 Å². The fourth-order valence-corrected chi connectivity index (χ4v) is 3.21. The zero-order valence-corrected chi connectivity index (χ0v) is 14.9. The lowest BCUT2D eigenvalue weighted by atomic mass is 10.2. The quantitative estimate of drug-likeness (QED) is 0.821. The minimum atomic E-state index is -0.291. The molecule has 0 saturated carbocycles. The van der Waals surface area contributed by atoms with Crippen molar-refractivity contribution in [1.29, 1.82) is 0 Å². The predicted molar refractivity (Wildman–Crippen MR) is 99.5 cm³/mol. The van der Waals surface area contributed by atoms with E-state index in [2.05, 4.69) is 0 Å². The second-order valence-electron chi connectivity index (χ2n) is 6.31. The Hall–Kier alpha value is -2.63. The molecule has 3 rings (SSSR count). The van der Waals surface area contributed by atoms with Crippen molar-refractivity contribution in [2.45, 2.75) is 6.92 Å². The largest absolute Gasteiger partial charge is 0.366 e. The van der Waals surface area contributed by atoms with Gasteiger partial charge in [-0.3, -0.25) is 4.79 Å². The Balaban J connectivity index is 1.58. The monoisotopic (exact) mass is 359 g/mol. The molecule has 4 nitrogen and oxygen atoms in total. The molecule has 1 heterocycles. The Morgan fingerprint density at radius 3 is 2.27 bits per heavy atom. The highest BCUT2D eigenvalue weighted by Crippen LogP contribution is 2.20. The van der Waals surface area contributed by atoms with Gasteiger partial charge < -0.3 is 14.7 Å². The van der Waals surface area contributed by atoms with Gasteiger partial charge in [0.15, 0.2) is 0 Å². The van der Waals surface area contributed by atoms with E-state index in [1.807, 2.05) is 27.7 Å². The molecule has 26 heavy (non-hydrogen) atoms. The number of hydrogen-bond donors (Lipinski definition) is 0. The topological polar surface area (TPSA) is 26.8 Å². The van der Waals surface area contributed by atoms with Gasteiger partial charge in [-0.2, -0.15) is 0 Å². The first-order valence-electron chi connectivity index (χ1n) is 8.86. The lowest BCUT2D eigenvalue weighted by molar-refractivity contribution is -0.130. The van der Waals surface area contributed by atoms with Crippen LogP contribution in [0.4, 0.5) is 20.2 Å². The van der Waals surface area contributed by atoms with E-state index in [0.717, 1.165) is 5.69 Å². The minimum Gasteiger partial charge on any atom is -0.366 e. The van der Waals surface area contributed by atoms with E-state index in [0.29, 0.717) is 38.4 Å². The number of benzene rings is 2. The number of amides is 1. The molecule has 0 spiro atoms. The van der Waals surface area contributed by atoms with E-state index in [1.54, 1.807) is 24.3 Å². The van der Waals surface area contributed by atoms with Crippen molar-refractivity contribution >= 4 is 17.3 Å². The standard InChI is InChI=1S/C20H23F2N3O/c1-2-23(17-9-7-16(21)8-10-17)15-20(26)25-13-11-24(12-14-25)19-6-4-3-5-18(19)22/h3-10H,2,11-15H2,1H3. The van der Waals surface area contributed by atoms with Crippen LogP contribution in [0.15, 0.2) is 48.5 Å². The Bertz CT molecular complexity index is 743. The van der Waals surface area contributed by atoms with Crippen LogP contribution < -0.4 is 9.80 Å². The van der Waals surface area contributed by atoms with Gasteiger partial charge in [0.05, 0.1) is 12.2 Å². The van der Waals surface area contributed by atoms with Crippen molar-refractivity contribution < 1.29 is 13.6 Å². The normalized spacial score (nSPS) is 14.4. The molecule has 1 fully saturated rings. The Morgan fingerprint density at radius 1 is 1.00 bits per heavy atom. The van der Waals surface area contributed by atoms with E-state index in [9.17, 15) is 13.6 Å². The first-order chi connectivity index (χ1) is 12.6. The average molecular weight is 359 g/mol. The first kappa shape index (κ1) is 18.2. The number of hydrogen-bond acceptors (Lipinski definition) is 3. The third-order valence-electron chi connectivity index (χ3n) is 4.73. The van der Waals surface area contributed by atoms with Gasteiger partial charge in [-0.1, -0.05) is 12.1 Å². The molecule has 0 aliphatic carbocycles. The first-order valence-corrected chi connectivity index (χ1v) is 8.86. The lowest BCUT2D eigenvalue weighted by Crippen LogP contribution is -2.51. The van der Waals surface area contributed by atoms with E-state index in [4.69, 9.17) is 0 Å². The molecule has 1 aliphatic rings. The fraction of sp³-hybridized carbons (Fsp3) is 0.350. The Morgan fingerprint density at radius 2 is 1.65 bits per heavy atom. The number of nitrogens with zero attached hydrogens (tertiary/aromatic N) is 3. The number of carbonyl (C=O) groups excluding carboxylic acids is 1. The van der Waals surface area contributed by atoms with Gasteiger partial charge in [-0.15, -0.1) is 0 Å². The molecule has 2 aromatic rings. The molecule has 0 aromatic heterocycles. The molecular weight excluding hydrogens is 336 g/mol. The van der Waals surface area contributed by atoms with Gasteiger partial charge in [0.1, 0.15) is 11.6 Å². The number of rotatable bonds is 5. The van der Waals surface area contributed by atoms with Crippen molar-refractivity contribution in [2.24, 2.45) is 0 Å². The smallest absolute Gasteiger partial charge is 0.242 e.